The lowest BCUT2D eigenvalue weighted by molar-refractivity contribution is -0.244. The van der Waals surface area contributed by atoms with Gasteiger partial charge in [0.1, 0.15) is 30.1 Å². The largest absolute Gasteiger partial charge is 0.462 e. The topological polar surface area (TPSA) is 125 Å². The maximum absolute atomic E-state index is 11.7. The second-order valence-electron chi connectivity index (χ2n) is 5.60. The molecule has 8 nitrogen and oxygen atoms in total. The first-order chi connectivity index (χ1) is 11.3. The molecule has 1 amide bonds. The number of amides is 1. The molecular formula is C16H21NO7. The molecule has 1 aromatic carbocycles. The molecule has 5 atom stereocenters. The van der Waals surface area contributed by atoms with Crippen molar-refractivity contribution in [2.45, 2.75) is 44.5 Å². The Labute approximate surface area is 139 Å². The Morgan fingerprint density at radius 3 is 2.46 bits per heavy atom. The number of para-hydroxylation sites is 1. The standard InChI is InChI=1S/C16H21NO7/c1-8(19)10-5-3-4-6-11(10)23-16-13(17-9(2)20)15(22)14(21)12(7-18)24-16/h3-6,12-16,18,21-22H,7H2,1-2H3,(H,17,20)/t12-,13+,14-,15+,16-/m1/s1. The summed E-state index contributed by atoms with van der Waals surface area (Å²) in [7, 11) is 0. The molecule has 2 rings (SSSR count). The van der Waals surface area contributed by atoms with Crippen molar-refractivity contribution >= 4 is 11.7 Å². The number of nitrogens with one attached hydrogen (secondary N) is 1. The molecule has 1 aliphatic rings. The number of aliphatic hydroxyl groups excluding tert-OH is 3. The van der Waals surface area contributed by atoms with Crippen molar-refractivity contribution in [2.75, 3.05) is 6.61 Å². The number of ether oxygens (including phenoxy) is 2. The number of Topliss-reactive ketones (excluding diaryl/α,β-unsaturated/α-hetero) is 1. The average molecular weight is 339 g/mol. The first-order valence-electron chi connectivity index (χ1n) is 7.51. The molecule has 1 saturated heterocycles. The zero-order valence-electron chi connectivity index (χ0n) is 13.4. The van der Waals surface area contributed by atoms with Gasteiger partial charge in [-0.05, 0) is 19.1 Å². The van der Waals surface area contributed by atoms with E-state index in [4.69, 9.17) is 9.47 Å². The molecule has 0 spiro atoms. The van der Waals surface area contributed by atoms with E-state index in [9.17, 15) is 24.9 Å². The molecule has 0 aliphatic carbocycles. The van der Waals surface area contributed by atoms with Crippen molar-refractivity contribution in [3.05, 3.63) is 29.8 Å². The Bertz CT molecular complexity index is 606. The van der Waals surface area contributed by atoms with Gasteiger partial charge >= 0.3 is 0 Å². The summed E-state index contributed by atoms with van der Waals surface area (Å²) >= 11 is 0. The van der Waals surface area contributed by atoms with Crippen LogP contribution in [0.3, 0.4) is 0 Å². The minimum absolute atomic E-state index is 0.214. The number of carbonyl (C=O) groups excluding carboxylic acids is 2. The van der Waals surface area contributed by atoms with Crippen LogP contribution in [0.4, 0.5) is 0 Å². The van der Waals surface area contributed by atoms with E-state index < -0.39 is 43.2 Å². The van der Waals surface area contributed by atoms with Gasteiger partial charge in [0.25, 0.3) is 0 Å². The zero-order valence-corrected chi connectivity index (χ0v) is 13.4. The van der Waals surface area contributed by atoms with Crippen molar-refractivity contribution in [3.63, 3.8) is 0 Å². The van der Waals surface area contributed by atoms with Crippen LogP contribution in [0, 0.1) is 0 Å². The number of hydrogen-bond donors (Lipinski definition) is 4. The highest BCUT2D eigenvalue weighted by atomic mass is 16.7. The summed E-state index contributed by atoms with van der Waals surface area (Å²) in [5.41, 5.74) is 0.309. The van der Waals surface area contributed by atoms with Gasteiger partial charge in [-0.25, -0.2) is 0 Å². The van der Waals surface area contributed by atoms with E-state index in [2.05, 4.69) is 5.32 Å². The molecule has 1 fully saturated rings. The fourth-order valence-electron chi connectivity index (χ4n) is 2.56. The molecule has 0 radical (unpaired) electrons. The van der Waals surface area contributed by atoms with E-state index in [0.717, 1.165) is 0 Å². The Morgan fingerprint density at radius 1 is 1.21 bits per heavy atom. The van der Waals surface area contributed by atoms with Gasteiger partial charge in [0, 0.05) is 6.92 Å². The van der Waals surface area contributed by atoms with Crippen molar-refractivity contribution in [1.29, 1.82) is 0 Å². The third-order valence-corrected chi connectivity index (χ3v) is 3.76. The number of aliphatic hydroxyl groups is 3. The Hall–Kier alpha value is -2.00. The van der Waals surface area contributed by atoms with Crippen LogP contribution >= 0.6 is 0 Å². The second kappa shape index (κ2) is 7.71. The molecular weight excluding hydrogens is 318 g/mol. The summed E-state index contributed by atoms with van der Waals surface area (Å²) in [6.07, 6.45) is -5.08. The maximum atomic E-state index is 11.7. The lowest BCUT2D eigenvalue weighted by Crippen LogP contribution is -2.65. The summed E-state index contributed by atoms with van der Waals surface area (Å²) in [5, 5.41) is 31.9. The van der Waals surface area contributed by atoms with Crippen LogP contribution in [0.25, 0.3) is 0 Å². The van der Waals surface area contributed by atoms with Gasteiger partial charge in [0.15, 0.2) is 5.78 Å². The van der Waals surface area contributed by atoms with Gasteiger partial charge in [-0.1, -0.05) is 12.1 Å². The van der Waals surface area contributed by atoms with Crippen LogP contribution < -0.4 is 10.1 Å². The number of benzene rings is 1. The van der Waals surface area contributed by atoms with E-state index in [-0.39, 0.29) is 11.5 Å². The van der Waals surface area contributed by atoms with Crippen molar-refractivity contribution < 1.29 is 34.4 Å². The van der Waals surface area contributed by atoms with Crippen molar-refractivity contribution in [2.24, 2.45) is 0 Å². The van der Waals surface area contributed by atoms with E-state index in [1.807, 2.05) is 0 Å². The summed E-state index contributed by atoms with van der Waals surface area (Å²) in [5.74, 6) is -0.465. The quantitative estimate of drug-likeness (QED) is 0.518. The molecule has 0 saturated carbocycles. The average Bonchev–Trinajstić information content (AvgIpc) is 2.54. The summed E-state index contributed by atoms with van der Waals surface area (Å²) in [6.45, 7) is 2.08. The number of rotatable bonds is 5. The minimum Gasteiger partial charge on any atom is -0.462 e. The van der Waals surface area contributed by atoms with Gasteiger partial charge in [0.2, 0.25) is 12.2 Å². The van der Waals surface area contributed by atoms with Crippen LogP contribution in [0.15, 0.2) is 24.3 Å². The molecule has 4 N–H and O–H groups in total. The summed E-state index contributed by atoms with van der Waals surface area (Å²) in [6, 6.07) is 5.39. The maximum Gasteiger partial charge on any atom is 0.223 e. The Balaban J connectivity index is 2.30. The van der Waals surface area contributed by atoms with E-state index >= 15 is 0 Å². The highest BCUT2D eigenvalue weighted by Gasteiger charge is 2.46. The lowest BCUT2D eigenvalue weighted by Gasteiger charge is -2.42. The van der Waals surface area contributed by atoms with Gasteiger partial charge in [-0.3, -0.25) is 9.59 Å². The van der Waals surface area contributed by atoms with Crippen LogP contribution in [0.1, 0.15) is 24.2 Å². The molecule has 0 aromatic heterocycles. The van der Waals surface area contributed by atoms with Crippen LogP contribution in [-0.2, 0) is 9.53 Å². The van der Waals surface area contributed by atoms with Crippen molar-refractivity contribution in [3.8, 4) is 5.75 Å². The molecule has 8 heteroatoms. The molecule has 1 heterocycles. The highest BCUT2D eigenvalue weighted by Crippen LogP contribution is 2.26. The van der Waals surface area contributed by atoms with Gasteiger partial charge < -0.3 is 30.1 Å². The Kier molecular flexibility index (Phi) is 5.89. The van der Waals surface area contributed by atoms with E-state index in [1.165, 1.54) is 13.8 Å². The summed E-state index contributed by atoms with van der Waals surface area (Å²) < 4.78 is 11.1. The molecule has 1 aromatic rings. The fraction of sp³-hybridized carbons (Fsp3) is 0.500. The molecule has 1 aliphatic heterocycles. The van der Waals surface area contributed by atoms with Crippen LogP contribution in [0.5, 0.6) is 5.75 Å². The lowest BCUT2D eigenvalue weighted by atomic mass is 9.97. The first kappa shape index (κ1) is 18.3. The van der Waals surface area contributed by atoms with Gasteiger partial charge in [0.05, 0.1) is 12.2 Å². The summed E-state index contributed by atoms with van der Waals surface area (Å²) in [4.78, 5) is 23.1. The fourth-order valence-corrected chi connectivity index (χ4v) is 2.56. The van der Waals surface area contributed by atoms with Gasteiger partial charge in [-0.2, -0.15) is 0 Å². The molecule has 0 unspecified atom stereocenters. The molecule has 24 heavy (non-hydrogen) atoms. The zero-order chi connectivity index (χ0) is 17.9. The van der Waals surface area contributed by atoms with E-state index in [1.54, 1.807) is 24.3 Å². The normalized spacial score (nSPS) is 29.8. The molecule has 0 bridgehead atoms. The number of ketones is 1. The predicted octanol–water partition coefficient (Wildman–Crippen LogP) is -0.788. The first-order valence-corrected chi connectivity index (χ1v) is 7.51. The van der Waals surface area contributed by atoms with Crippen LogP contribution in [-0.4, -0.2) is 64.3 Å². The Morgan fingerprint density at radius 2 is 1.88 bits per heavy atom. The van der Waals surface area contributed by atoms with Gasteiger partial charge in [-0.15, -0.1) is 0 Å². The highest BCUT2D eigenvalue weighted by molar-refractivity contribution is 5.96. The SMILES string of the molecule is CC(=O)N[C@@H]1[C@H](Oc2ccccc2C(C)=O)O[C@H](CO)[C@@H](O)[C@H]1O. The third-order valence-electron chi connectivity index (χ3n) is 3.76. The second-order valence-corrected chi connectivity index (χ2v) is 5.60. The van der Waals surface area contributed by atoms with Crippen molar-refractivity contribution in [1.82, 2.24) is 5.32 Å². The number of carbonyl (C=O) groups is 2. The third kappa shape index (κ3) is 3.90. The van der Waals surface area contributed by atoms with E-state index in [0.29, 0.717) is 5.56 Å². The number of hydrogen-bond acceptors (Lipinski definition) is 7. The smallest absolute Gasteiger partial charge is 0.223 e. The molecule has 132 valence electrons. The predicted molar refractivity (Wildman–Crippen MR) is 82.4 cm³/mol. The monoisotopic (exact) mass is 339 g/mol. The van der Waals surface area contributed by atoms with Crippen LogP contribution in [0.2, 0.25) is 0 Å². The minimum atomic E-state index is -1.41.